The molecule has 0 spiro atoms. The van der Waals surface area contributed by atoms with Crippen molar-refractivity contribution < 1.29 is 9.32 Å². The number of likely N-dealkylation sites (tertiary alicyclic amines) is 1. The van der Waals surface area contributed by atoms with E-state index in [1.807, 2.05) is 38.9 Å². The van der Waals surface area contributed by atoms with Crippen molar-refractivity contribution in [2.75, 3.05) is 13.1 Å². The van der Waals surface area contributed by atoms with Crippen LogP contribution in [0.2, 0.25) is 0 Å². The Hall–Kier alpha value is -2.11. The molecular weight excluding hydrogens is 304 g/mol. The second-order valence-corrected chi connectivity index (χ2v) is 6.83. The van der Waals surface area contributed by atoms with Crippen LogP contribution in [0.3, 0.4) is 0 Å². The third-order valence-electron chi connectivity index (χ3n) is 4.94. The Kier molecular flexibility index (Phi) is 4.73. The van der Waals surface area contributed by atoms with Crippen molar-refractivity contribution in [2.24, 2.45) is 7.05 Å². The molecule has 2 aromatic rings. The summed E-state index contributed by atoms with van der Waals surface area (Å²) in [7, 11) is 2.04. The number of aryl methyl sites for hydroxylation is 4. The zero-order valence-electron chi connectivity index (χ0n) is 15.0. The van der Waals surface area contributed by atoms with Crippen molar-refractivity contribution >= 4 is 5.91 Å². The first-order valence-electron chi connectivity index (χ1n) is 8.65. The number of carbonyl (C=O) groups excluding carboxylic acids is 1. The fourth-order valence-corrected chi connectivity index (χ4v) is 3.68. The molecule has 130 valence electrons. The smallest absolute Gasteiger partial charge is 0.222 e. The molecule has 0 unspecified atom stereocenters. The van der Waals surface area contributed by atoms with Crippen molar-refractivity contribution in [3.8, 4) is 0 Å². The molecule has 1 amide bonds. The molecule has 1 atom stereocenters. The van der Waals surface area contributed by atoms with Crippen LogP contribution < -0.4 is 0 Å². The number of hydrogen-bond acceptors (Lipinski definition) is 4. The van der Waals surface area contributed by atoms with Crippen molar-refractivity contribution in [1.82, 2.24) is 19.6 Å². The average Bonchev–Trinajstić information content (AvgIpc) is 3.07. The summed E-state index contributed by atoms with van der Waals surface area (Å²) >= 11 is 0. The summed E-state index contributed by atoms with van der Waals surface area (Å²) in [5.41, 5.74) is 2.99. The fraction of sp³-hybridized carbons (Fsp3) is 0.611. The van der Waals surface area contributed by atoms with Gasteiger partial charge in [0.2, 0.25) is 5.91 Å². The number of nitrogens with zero attached hydrogens (tertiary/aromatic N) is 4. The van der Waals surface area contributed by atoms with Crippen LogP contribution >= 0.6 is 0 Å². The van der Waals surface area contributed by atoms with Crippen LogP contribution in [-0.2, 0) is 18.3 Å². The van der Waals surface area contributed by atoms with E-state index in [1.54, 1.807) is 0 Å². The number of aromatic nitrogens is 3. The molecule has 1 saturated heterocycles. The maximum Gasteiger partial charge on any atom is 0.222 e. The highest BCUT2D eigenvalue weighted by Gasteiger charge is 2.27. The van der Waals surface area contributed by atoms with Gasteiger partial charge in [0.05, 0.1) is 11.4 Å². The minimum absolute atomic E-state index is 0.214. The van der Waals surface area contributed by atoms with Crippen LogP contribution in [0.4, 0.5) is 0 Å². The molecule has 3 rings (SSSR count). The first-order valence-corrected chi connectivity index (χ1v) is 8.65. The second-order valence-electron chi connectivity index (χ2n) is 6.83. The topological polar surface area (TPSA) is 64.2 Å². The first kappa shape index (κ1) is 16.7. The van der Waals surface area contributed by atoms with Gasteiger partial charge in [-0.1, -0.05) is 5.16 Å². The maximum absolute atomic E-state index is 12.6. The highest BCUT2D eigenvalue weighted by molar-refractivity contribution is 5.76. The van der Waals surface area contributed by atoms with E-state index in [0.29, 0.717) is 18.8 Å². The van der Waals surface area contributed by atoms with Crippen molar-refractivity contribution in [3.63, 3.8) is 0 Å². The largest absolute Gasteiger partial charge is 0.361 e. The van der Waals surface area contributed by atoms with Crippen LogP contribution in [0, 0.1) is 20.8 Å². The molecule has 3 heterocycles. The SMILES string of the molecule is Cc1cn(C)c([C@@H]2CCCN(C(=O)CCc3c(C)noc3C)C2)n1. The molecule has 1 aliphatic heterocycles. The summed E-state index contributed by atoms with van der Waals surface area (Å²) in [6, 6.07) is 0. The van der Waals surface area contributed by atoms with Gasteiger partial charge in [-0.2, -0.15) is 0 Å². The lowest BCUT2D eigenvalue weighted by Crippen LogP contribution is -2.39. The number of imidazole rings is 1. The Morgan fingerprint density at radius 2 is 2.17 bits per heavy atom. The number of carbonyl (C=O) groups is 1. The highest BCUT2D eigenvalue weighted by Crippen LogP contribution is 2.26. The van der Waals surface area contributed by atoms with Gasteiger partial charge in [0.25, 0.3) is 0 Å². The number of piperidine rings is 1. The quantitative estimate of drug-likeness (QED) is 0.864. The molecule has 6 nitrogen and oxygen atoms in total. The minimum atomic E-state index is 0.214. The van der Waals surface area contributed by atoms with E-state index in [9.17, 15) is 4.79 Å². The van der Waals surface area contributed by atoms with Gasteiger partial charge in [0.15, 0.2) is 0 Å². The van der Waals surface area contributed by atoms with Gasteiger partial charge in [-0.15, -0.1) is 0 Å². The molecular formula is C18H26N4O2. The van der Waals surface area contributed by atoms with Crippen LogP contribution in [0.15, 0.2) is 10.7 Å². The lowest BCUT2D eigenvalue weighted by Gasteiger charge is -2.32. The van der Waals surface area contributed by atoms with Gasteiger partial charge in [-0.05, 0) is 40.0 Å². The molecule has 1 fully saturated rings. The van der Waals surface area contributed by atoms with Gasteiger partial charge >= 0.3 is 0 Å². The third kappa shape index (κ3) is 3.37. The average molecular weight is 330 g/mol. The number of rotatable bonds is 4. The van der Waals surface area contributed by atoms with E-state index >= 15 is 0 Å². The predicted molar refractivity (Wildman–Crippen MR) is 90.8 cm³/mol. The van der Waals surface area contributed by atoms with Crippen LogP contribution in [0.25, 0.3) is 0 Å². The lowest BCUT2D eigenvalue weighted by atomic mass is 9.96. The van der Waals surface area contributed by atoms with Gasteiger partial charge < -0.3 is 14.0 Å². The van der Waals surface area contributed by atoms with Crippen molar-refractivity contribution in [2.45, 2.75) is 52.4 Å². The van der Waals surface area contributed by atoms with Crippen LogP contribution in [0.5, 0.6) is 0 Å². The van der Waals surface area contributed by atoms with E-state index in [0.717, 1.165) is 54.5 Å². The molecule has 0 N–H and O–H groups in total. The normalized spacial score (nSPS) is 18.2. The summed E-state index contributed by atoms with van der Waals surface area (Å²) in [4.78, 5) is 19.3. The zero-order valence-corrected chi connectivity index (χ0v) is 15.0. The summed E-state index contributed by atoms with van der Waals surface area (Å²) in [5, 5.41) is 3.96. The molecule has 24 heavy (non-hydrogen) atoms. The molecule has 0 radical (unpaired) electrons. The summed E-state index contributed by atoms with van der Waals surface area (Å²) in [6.45, 7) is 7.46. The Balaban J connectivity index is 1.62. The summed E-state index contributed by atoms with van der Waals surface area (Å²) in [6.07, 6.45) is 5.39. The predicted octanol–water partition coefficient (Wildman–Crippen LogP) is 2.67. The van der Waals surface area contributed by atoms with Gasteiger partial charge in [-0.3, -0.25) is 4.79 Å². The van der Waals surface area contributed by atoms with E-state index < -0.39 is 0 Å². The lowest BCUT2D eigenvalue weighted by molar-refractivity contribution is -0.132. The standard InChI is InChI=1S/C18H26N4O2/c1-12-10-21(4)18(19-12)15-6-5-9-22(11-15)17(23)8-7-16-13(2)20-24-14(16)3/h10,15H,5-9,11H2,1-4H3/t15-/m1/s1. The molecule has 0 aliphatic carbocycles. The molecule has 0 saturated carbocycles. The summed E-state index contributed by atoms with van der Waals surface area (Å²) in [5.74, 6) is 2.46. The highest BCUT2D eigenvalue weighted by atomic mass is 16.5. The Morgan fingerprint density at radius 3 is 2.79 bits per heavy atom. The third-order valence-corrected chi connectivity index (χ3v) is 4.94. The van der Waals surface area contributed by atoms with Crippen LogP contribution in [-0.4, -0.2) is 38.6 Å². The number of hydrogen-bond donors (Lipinski definition) is 0. The molecule has 0 bridgehead atoms. The Bertz CT molecular complexity index is 712. The maximum atomic E-state index is 12.6. The molecule has 2 aromatic heterocycles. The van der Waals surface area contributed by atoms with Gasteiger partial charge in [0.1, 0.15) is 11.6 Å². The molecule has 6 heteroatoms. The zero-order chi connectivity index (χ0) is 17.3. The van der Waals surface area contributed by atoms with Crippen LogP contribution in [0.1, 0.15) is 53.7 Å². The van der Waals surface area contributed by atoms with Crippen molar-refractivity contribution in [3.05, 3.63) is 34.7 Å². The van der Waals surface area contributed by atoms with E-state index in [4.69, 9.17) is 4.52 Å². The van der Waals surface area contributed by atoms with E-state index in [2.05, 4.69) is 14.7 Å². The van der Waals surface area contributed by atoms with Gasteiger partial charge in [0, 0.05) is 44.2 Å². The first-order chi connectivity index (χ1) is 11.5. The number of amides is 1. The van der Waals surface area contributed by atoms with E-state index in [1.165, 1.54) is 0 Å². The van der Waals surface area contributed by atoms with Crippen molar-refractivity contribution in [1.29, 1.82) is 0 Å². The molecule has 1 aliphatic rings. The molecule has 0 aromatic carbocycles. The Morgan fingerprint density at radius 1 is 1.38 bits per heavy atom. The Labute approximate surface area is 142 Å². The van der Waals surface area contributed by atoms with Gasteiger partial charge in [-0.25, -0.2) is 4.98 Å². The minimum Gasteiger partial charge on any atom is -0.361 e. The van der Waals surface area contributed by atoms with E-state index in [-0.39, 0.29) is 5.91 Å². The fourth-order valence-electron chi connectivity index (χ4n) is 3.68. The monoisotopic (exact) mass is 330 g/mol. The summed E-state index contributed by atoms with van der Waals surface area (Å²) < 4.78 is 7.27. The second kappa shape index (κ2) is 6.79.